The van der Waals surface area contributed by atoms with Crippen molar-refractivity contribution in [3.05, 3.63) is 35.9 Å². The normalized spacial score (nSPS) is 28.1. The Morgan fingerprint density at radius 3 is 2.58 bits per heavy atom. The van der Waals surface area contributed by atoms with Gasteiger partial charge in [0.25, 0.3) is 0 Å². The van der Waals surface area contributed by atoms with Crippen LogP contribution in [0.1, 0.15) is 5.56 Å². The van der Waals surface area contributed by atoms with Crippen molar-refractivity contribution in [3.8, 4) is 0 Å². The Balaban J connectivity index is 1.95. The van der Waals surface area contributed by atoms with Crippen molar-refractivity contribution >= 4 is 0 Å². The van der Waals surface area contributed by atoms with Gasteiger partial charge in [0.2, 0.25) is 0 Å². The topological polar surface area (TPSA) is 32.3 Å². The van der Waals surface area contributed by atoms with Gasteiger partial charge in [0, 0.05) is 12.6 Å². The monoisotopic (exact) mass is 163 g/mol. The predicted molar refractivity (Wildman–Crippen MR) is 47.9 cm³/mol. The molecule has 1 aromatic rings. The molecular formula is C10H13NO. The Labute approximate surface area is 72.2 Å². The molecule has 1 fully saturated rings. The lowest BCUT2D eigenvalue weighted by atomic mass is 9.96. The summed E-state index contributed by atoms with van der Waals surface area (Å²) in [5, 5.41) is 12.5. The quantitative estimate of drug-likeness (QED) is 0.667. The van der Waals surface area contributed by atoms with Gasteiger partial charge in [-0.25, -0.2) is 0 Å². The van der Waals surface area contributed by atoms with Crippen LogP contribution in [0.3, 0.4) is 0 Å². The van der Waals surface area contributed by atoms with Crippen molar-refractivity contribution < 1.29 is 5.11 Å². The predicted octanol–water partition coefficient (Wildman–Crippen LogP) is 0.562. The van der Waals surface area contributed by atoms with Crippen molar-refractivity contribution in [2.45, 2.75) is 18.6 Å². The van der Waals surface area contributed by atoms with E-state index >= 15 is 0 Å². The number of aliphatic hydroxyl groups excluding tert-OH is 1. The molecule has 0 unspecified atom stereocenters. The molecule has 2 nitrogen and oxygen atoms in total. The molecule has 0 aliphatic carbocycles. The van der Waals surface area contributed by atoms with Gasteiger partial charge >= 0.3 is 0 Å². The van der Waals surface area contributed by atoms with Crippen molar-refractivity contribution in [2.24, 2.45) is 0 Å². The first-order valence-electron chi connectivity index (χ1n) is 4.31. The molecule has 0 amide bonds. The molecule has 1 heterocycles. The Hall–Kier alpha value is -0.860. The fraction of sp³-hybridized carbons (Fsp3) is 0.400. The van der Waals surface area contributed by atoms with E-state index in [1.54, 1.807) is 0 Å². The van der Waals surface area contributed by atoms with Gasteiger partial charge in [0.15, 0.2) is 0 Å². The van der Waals surface area contributed by atoms with E-state index < -0.39 is 0 Å². The van der Waals surface area contributed by atoms with Crippen LogP contribution in [0.4, 0.5) is 0 Å². The zero-order chi connectivity index (χ0) is 8.39. The summed E-state index contributed by atoms with van der Waals surface area (Å²) in [6, 6.07) is 10.5. The lowest BCUT2D eigenvalue weighted by Crippen LogP contribution is -2.58. The smallest absolute Gasteiger partial charge is 0.0820 e. The Kier molecular flexibility index (Phi) is 2.11. The van der Waals surface area contributed by atoms with Crippen LogP contribution in [0.5, 0.6) is 0 Å². The molecule has 2 rings (SSSR count). The van der Waals surface area contributed by atoms with Gasteiger partial charge in [-0.05, 0) is 12.0 Å². The third kappa shape index (κ3) is 1.49. The highest BCUT2D eigenvalue weighted by atomic mass is 16.3. The third-order valence-electron chi connectivity index (χ3n) is 2.35. The zero-order valence-electron chi connectivity index (χ0n) is 6.90. The molecule has 12 heavy (non-hydrogen) atoms. The maximum absolute atomic E-state index is 9.31. The minimum atomic E-state index is -0.148. The SMILES string of the molecule is O[C@H]1CN[C@@H]1Cc1ccccc1. The van der Waals surface area contributed by atoms with Crippen molar-refractivity contribution in [2.75, 3.05) is 6.54 Å². The number of hydrogen-bond donors (Lipinski definition) is 2. The number of rotatable bonds is 2. The molecule has 0 radical (unpaired) electrons. The molecule has 1 saturated heterocycles. The van der Waals surface area contributed by atoms with E-state index in [1.165, 1.54) is 5.56 Å². The van der Waals surface area contributed by atoms with E-state index in [2.05, 4.69) is 17.4 Å². The molecule has 64 valence electrons. The Bertz CT molecular complexity index is 247. The first kappa shape index (κ1) is 7.77. The Morgan fingerprint density at radius 1 is 1.33 bits per heavy atom. The molecule has 0 saturated carbocycles. The minimum Gasteiger partial charge on any atom is -0.390 e. The molecule has 0 aromatic heterocycles. The average molecular weight is 163 g/mol. The largest absolute Gasteiger partial charge is 0.390 e. The van der Waals surface area contributed by atoms with Gasteiger partial charge in [-0.2, -0.15) is 0 Å². The molecule has 1 aliphatic heterocycles. The minimum absolute atomic E-state index is 0.148. The molecule has 2 atom stereocenters. The van der Waals surface area contributed by atoms with E-state index in [4.69, 9.17) is 0 Å². The van der Waals surface area contributed by atoms with E-state index in [9.17, 15) is 5.11 Å². The number of nitrogens with one attached hydrogen (secondary N) is 1. The lowest BCUT2D eigenvalue weighted by Gasteiger charge is -2.34. The third-order valence-corrected chi connectivity index (χ3v) is 2.35. The van der Waals surface area contributed by atoms with E-state index in [0.29, 0.717) is 0 Å². The van der Waals surface area contributed by atoms with E-state index in [1.807, 2.05) is 18.2 Å². The first-order chi connectivity index (χ1) is 5.86. The van der Waals surface area contributed by atoms with E-state index in [0.717, 1.165) is 13.0 Å². The number of aliphatic hydroxyl groups is 1. The first-order valence-corrected chi connectivity index (χ1v) is 4.31. The van der Waals surface area contributed by atoms with Gasteiger partial charge in [-0.3, -0.25) is 0 Å². The maximum Gasteiger partial charge on any atom is 0.0820 e. The van der Waals surface area contributed by atoms with Crippen LogP contribution >= 0.6 is 0 Å². The van der Waals surface area contributed by atoms with Crippen LogP contribution in [-0.2, 0) is 6.42 Å². The Morgan fingerprint density at radius 2 is 2.08 bits per heavy atom. The van der Waals surface area contributed by atoms with Crippen molar-refractivity contribution in [1.82, 2.24) is 5.32 Å². The summed E-state index contributed by atoms with van der Waals surface area (Å²) in [4.78, 5) is 0. The lowest BCUT2D eigenvalue weighted by molar-refractivity contribution is 0.0616. The molecule has 1 aromatic carbocycles. The highest BCUT2D eigenvalue weighted by molar-refractivity contribution is 5.17. The molecule has 2 N–H and O–H groups in total. The number of benzene rings is 1. The van der Waals surface area contributed by atoms with Crippen LogP contribution in [0.15, 0.2) is 30.3 Å². The second-order valence-electron chi connectivity index (χ2n) is 3.27. The van der Waals surface area contributed by atoms with Crippen molar-refractivity contribution in [1.29, 1.82) is 0 Å². The summed E-state index contributed by atoms with van der Waals surface area (Å²) in [5.41, 5.74) is 1.29. The second kappa shape index (κ2) is 3.25. The van der Waals surface area contributed by atoms with Gasteiger partial charge in [-0.15, -0.1) is 0 Å². The number of hydrogen-bond acceptors (Lipinski definition) is 2. The van der Waals surface area contributed by atoms with Crippen LogP contribution in [0.25, 0.3) is 0 Å². The molecule has 1 aliphatic rings. The molecule has 0 bridgehead atoms. The highest BCUT2D eigenvalue weighted by Gasteiger charge is 2.27. The summed E-state index contributed by atoms with van der Waals surface area (Å²) in [5.74, 6) is 0. The molecular weight excluding hydrogens is 150 g/mol. The van der Waals surface area contributed by atoms with Crippen LogP contribution < -0.4 is 5.32 Å². The van der Waals surface area contributed by atoms with Crippen LogP contribution in [0.2, 0.25) is 0 Å². The van der Waals surface area contributed by atoms with Gasteiger partial charge in [-0.1, -0.05) is 30.3 Å². The summed E-state index contributed by atoms with van der Waals surface area (Å²) >= 11 is 0. The summed E-state index contributed by atoms with van der Waals surface area (Å²) in [6.45, 7) is 0.748. The van der Waals surface area contributed by atoms with Crippen LogP contribution in [-0.4, -0.2) is 23.8 Å². The maximum atomic E-state index is 9.31. The highest BCUT2D eigenvalue weighted by Crippen LogP contribution is 2.10. The fourth-order valence-corrected chi connectivity index (χ4v) is 1.47. The van der Waals surface area contributed by atoms with Gasteiger partial charge < -0.3 is 10.4 Å². The molecule has 0 spiro atoms. The van der Waals surface area contributed by atoms with Gasteiger partial charge in [0.05, 0.1) is 6.10 Å². The summed E-state index contributed by atoms with van der Waals surface area (Å²) in [7, 11) is 0. The second-order valence-corrected chi connectivity index (χ2v) is 3.27. The zero-order valence-corrected chi connectivity index (χ0v) is 6.90. The summed E-state index contributed by atoms with van der Waals surface area (Å²) < 4.78 is 0. The standard InChI is InChI=1S/C10H13NO/c12-10-7-11-9(10)6-8-4-2-1-3-5-8/h1-5,9-12H,6-7H2/t9-,10+/m1/s1. The fourth-order valence-electron chi connectivity index (χ4n) is 1.47. The van der Waals surface area contributed by atoms with E-state index in [-0.39, 0.29) is 12.1 Å². The number of β-amino-alcohol motifs (C(OH)–C–C–N with tert-alkyl or cyclic N) is 1. The summed E-state index contributed by atoms with van der Waals surface area (Å²) in [6.07, 6.45) is 0.785. The van der Waals surface area contributed by atoms with Crippen molar-refractivity contribution in [3.63, 3.8) is 0 Å². The molecule has 2 heteroatoms. The average Bonchev–Trinajstić information content (AvgIpc) is 2.14. The van der Waals surface area contributed by atoms with Crippen LogP contribution in [0, 0.1) is 0 Å². The van der Waals surface area contributed by atoms with Gasteiger partial charge in [0.1, 0.15) is 0 Å².